The van der Waals surface area contributed by atoms with E-state index in [1.165, 1.54) is 17.0 Å². The van der Waals surface area contributed by atoms with E-state index in [4.69, 9.17) is 4.74 Å². The standard InChI is InChI=1S/C17H21F3N2O5S/c1-16(2,3)27-15(25)21-8-9-22(13(10-21)14(23)24)28-12-6-4-11(5-7-12)26-17(18,19)20/h4-7,13H,8-10H2,1-3H3,(H,23,24)/t13-/m1/s1. The number of piperazine rings is 1. The summed E-state index contributed by atoms with van der Waals surface area (Å²) in [5.74, 6) is -1.47. The second kappa shape index (κ2) is 8.48. The number of halogens is 3. The number of hydrogen-bond acceptors (Lipinski definition) is 6. The molecule has 2 rings (SSSR count). The summed E-state index contributed by atoms with van der Waals surface area (Å²) in [6.07, 6.45) is -5.36. The van der Waals surface area contributed by atoms with Gasteiger partial charge >= 0.3 is 18.4 Å². The van der Waals surface area contributed by atoms with Crippen LogP contribution in [0.4, 0.5) is 18.0 Å². The van der Waals surface area contributed by atoms with E-state index in [-0.39, 0.29) is 25.4 Å². The Morgan fingerprint density at radius 3 is 2.25 bits per heavy atom. The van der Waals surface area contributed by atoms with Gasteiger partial charge in [-0.1, -0.05) is 0 Å². The number of carboxylic acid groups (broad SMARTS) is 1. The van der Waals surface area contributed by atoms with E-state index in [0.717, 1.165) is 24.1 Å². The van der Waals surface area contributed by atoms with E-state index in [1.54, 1.807) is 25.1 Å². The molecule has 1 aromatic rings. The molecule has 0 unspecified atom stereocenters. The zero-order valence-electron chi connectivity index (χ0n) is 15.5. The van der Waals surface area contributed by atoms with Gasteiger partial charge in [0.2, 0.25) is 0 Å². The molecule has 1 amide bonds. The highest BCUT2D eigenvalue weighted by Crippen LogP contribution is 2.30. The van der Waals surface area contributed by atoms with Crippen molar-refractivity contribution in [3.05, 3.63) is 24.3 Å². The highest BCUT2D eigenvalue weighted by atomic mass is 32.2. The highest BCUT2D eigenvalue weighted by Gasteiger charge is 2.36. The topological polar surface area (TPSA) is 79.3 Å². The number of amides is 1. The summed E-state index contributed by atoms with van der Waals surface area (Å²) in [7, 11) is 0. The second-order valence-electron chi connectivity index (χ2n) is 7.03. The largest absolute Gasteiger partial charge is 0.573 e. The van der Waals surface area contributed by atoms with Crippen LogP contribution in [-0.2, 0) is 9.53 Å². The van der Waals surface area contributed by atoms with Crippen LogP contribution >= 0.6 is 11.9 Å². The smallest absolute Gasteiger partial charge is 0.480 e. The number of alkyl halides is 3. The molecule has 7 nitrogen and oxygen atoms in total. The van der Waals surface area contributed by atoms with Gasteiger partial charge in [0.05, 0.1) is 6.54 Å². The maximum Gasteiger partial charge on any atom is 0.573 e. The molecule has 1 atom stereocenters. The van der Waals surface area contributed by atoms with Crippen LogP contribution in [0, 0.1) is 0 Å². The maximum absolute atomic E-state index is 12.2. The predicted octanol–water partition coefficient (Wildman–Crippen LogP) is 3.60. The lowest BCUT2D eigenvalue weighted by Crippen LogP contribution is -2.56. The van der Waals surface area contributed by atoms with Crippen molar-refractivity contribution in [1.82, 2.24) is 9.21 Å². The lowest BCUT2D eigenvalue weighted by molar-refractivity contribution is -0.274. The summed E-state index contributed by atoms with van der Waals surface area (Å²) in [6, 6.07) is 4.14. The average molecular weight is 422 g/mol. The number of carbonyl (C=O) groups is 2. The molecular formula is C17H21F3N2O5S. The van der Waals surface area contributed by atoms with E-state index in [9.17, 15) is 27.9 Å². The molecule has 0 spiro atoms. The number of hydrogen-bond donors (Lipinski definition) is 1. The Hall–Kier alpha value is -2.14. The minimum Gasteiger partial charge on any atom is -0.480 e. The number of aliphatic carboxylic acids is 1. The van der Waals surface area contributed by atoms with E-state index in [1.807, 2.05) is 0 Å². The maximum atomic E-state index is 12.2. The fourth-order valence-corrected chi connectivity index (χ4v) is 3.39. The third-order valence-corrected chi connectivity index (χ3v) is 4.70. The molecule has 1 N–H and O–H groups in total. The van der Waals surface area contributed by atoms with Gasteiger partial charge in [-0.25, -0.2) is 9.10 Å². The lowest BCUT2D eigenvalue weighted by Gasteiger charge is -2.38. The van der Waals surface area contributed by atoms with Crippen LogP contribution in [0.1, 0.15) is 20.8 Å². The molecule has 0 radical (unpaired) electrons. The van der Waals surface area contributed by atoms with Gasteiger partial charge in [-0.2, -0.15) is 0 Å². The van der Waals surface area contributed by atoms with Crippen LogP contribution < -0.4 is 4.74 Å². The number of ether oxygens (including phenoxy) is 2. The van der Waals surface area contributed by atoms with Gasteiger partial charge in [0.15, 0.2) is 0 Å². The summed E-state index contributed by atoms with van der Waals surface area (Å²) in [5, 5.41) is 9.51. The van der Waals surface area contributed by atoms with Gasteiger partial charge in [0.25, 0.3) is 0 Å². The minimum absolute atomic E-state index is 0.0630. The van der Waals surface area contributed by atoms with Crippen LogP contribution in [-0.4, -0.2) is 64.0 Å². The third-order valence-electron chi connectivity index (χ3n) is 3.55. The molecule has 1 heterocycles. The van der Waals surface area contributed by atoms with Crippen molar-refractivity contribution >= 4 is 24.0 Å². The summed E-state index contributed by atoms with van der Waals surface area (Å²) in [5.41, 5.74) is -0.693. The normalized spacial score (nSPS) is 18.6. The molecule has 0 aromatic heterocycles. The van der Waals surface area contributed by atoms with Crippen LogP contribution in [0.5, 0.6) is 5.75 Å². The number of benzene rings is 1. The van der Waals surface area contributed by atoms with Crippen molar-refractivity contribution in [3.63, 3.8) is 0 Å². The molecule has 28 heavy (non-hydrogen) atoms. The van der Waals surface area contributed by atoms with Crippen molar-refractivity contribution in [2.45, 2.75) is 43.7 Å². The van der Waals surface area contributed by atoms with Gasteiger partial charge in [0.1, 0.15) is 17.4 Å². The summed E-state index contributed by atoms with van der Waals surface area (Å²) in [6.45, 7) is 5.61. The zero-order valence-corrected chi connectivity index (χ0v) is 16.3. The van der Waals surface area contributed by atoms with Crippen LogP contribution in [0.15, 0.2) is 29.2 Å². The highest BCUT2D eigenvalue weighted by molar-refractivity contribution is 7.97. The first-order chi connectivity index (χ1) is 12.8. The molecule has 0 bridgehead atoms. The van der Waals surface area contributed by atoms with Gasteiger partial charge in [-0.3, -0.25) is 4.79 Å². The number of carbonyl (C=O) groups excluding carboxylic acids is 1. The van der Waals surface area contributed by atoms with E-state index < -0.39 is 30.1 Å². The first-order valence-electron chi connectivity index (χ1n) is 8.35. The van der Waals surface area contributed by atoms with Crippen LogP contribution in [0.2, 0.25) is 0 Å². The molecule has 1 saturated heterocycles. The first-order valence-corrected chi connectivity index (χ1v) is 9.12. The average Bonchev–Trinajstić information content (AvgIpc) is 2.53. The Morgan fingerprint density at radius 2 is 1.75 bits per heavy atom. The Labute approximate surface area is 164 Å². The first kappa shape index (κ1) is 22.2. The van der Waals surface area contributed by atoms with Gasteiger partial charge in [0, 0.05) is 18.0 Å². The Bertz CT molecular complexity index is 706. The number of carboxylic acids is 1. The van der Waals surface area contributed by atoms with E-state index in [0.29, 0.717) is 4.90 Å². The van der Waals surface area contributed by atoms with Gasteiger partial charge in [-0.15, -0.1) is 13.2 Å². The molecular weight excluding hydrogens is 401 g/mol. The Morgan fingerprint density at radius 1 is 1.14 bits per heavy atom. The number of nitrogens with zero attached hydrogens (tertiary/aromatic N) is 2. The van der Waals surface area contributed by atoms with E-state index in [2.05, 4.69) is 4.74 Å². The SMILES string of the molecule is CC(C)(C)OC(=O)N1CCN(Sc2ccc(OC(F)(F)F)cc2)[C@@H](C(=O)O)C1. The monoisotopic (exact) mass is 422 g/mol. The van der Waals surface area contributed by atoms with Crippen molar-refractivity contribution in [3.8, 4) is 5.75 Å². The molecule has 11 heteroatoms. The van der Waals surface area contributed by atoms with Gasteiger partial charge in [-0.05, 0) is 57.0 Å². The summed E-state index contributed by atoms with van der Waals surface area (Å²) >= 11 is 1.09. The second-order valence-corrected chi connectivity index (χ2v) is 8.15. The van der Waals surface area contributed by atoms with Crippen LogP contribution in [0.3, 0.4) is 0 Å². The molecule has 1 aliphatic heterocycles. The van der Waals surface area contributed by atoms with Crippen molar-refractivity contribution in [2.75, 3.05) is 19.6 Å². The predicted molar refractivity (Wildman–Crippen MR) is 94.9 cm³/mol. The molecule has 156 valence electrons. The third kappa shape index (κ3) is 6.79. The van der Waals surface area contributed by atoms with Gasteiger partial charge < -0.3 is 19.5 Å². The van der Waals surface area contributed by atoms with Crippen molar-refractivity contribution in [2.24, 2.45) is 0 Å². The minimum atomic E-state index is -4.78. The van der Waals surface area contributed by atoms with Crippen molar-refractivity contribution in [1.29, 1.82) is 0 Å². The van der Waals surface area contributed by atoms with E-state index >= 15 is 0 Å². The summed E-state index contributed by atoms with van der Waals surface area (Å²) in [4.78, 5) is 25.7. The fraction of sp³-hybridized carbons (Fsp3) is 0.529. The molecule has 0 saturated carbocycles. The quantitative estimate of drug-likeness (QED) is 0.743. The molecule has 1 aromatic carbocycles. The molecule has 0 aliphatic carbocycles. The lowest BCUT2D eigenvalue weighted by atomic mass is 10.2. The molecule has 1 aliphatic rings. The Balaban J connectivity index is 2.02. The molecule has 1 fully saturated rings. The fourth-order valence-electron chi connectivity index (χ4n) is 2.41. The summed E-state index contributed by atoms with van der Waals surface area (Å²) < 4.78 is 47.3. The van der Waals surface area contributed by atoms with Crippen LogP contribution in [0.25, 0.3) is 0 Å². The number of rotatable bonds is 4. The zero-order chi connectivity index (χ0) is 21.1. The van der Waals surface area contributed by atoms with Crippen molar-refractivity contribution < 1.29 is 37.3 Å². The Kier molecular flexibility index (Phi) is 6.71.